The molecule has 0 radical (unpaired) electrons. The van der Waals surface area contributed by atoms with E-state index in [0.717, 1.165) is 5.56 Å². The number of hydrogen-bond donors (Lipinski definition) is 2. The van der Waals surface area contributed by atoms with Gasteiger partial charge in [-0.05, 0) is 48.7 Å². The Kier molecular flexibility index (Phi) is 5.89. The number of amides is 1. The van der Waals surface area contributed by atoms with Crippen molar-refractivity contribution in [2.75, 3.05) is 13.2 Å². The molecule has 0 aliphatic heterocycles. The van der Waals surface area contributed by atoms with Gasteiger partial charge in [0.05, 0.1) is 5.56 Å². The fraction of sp³-hybridized carbons (Fsp3) is 0.222. The monoisotopic (exact) mass is 331 g/mol. The second-order valence-electron chi connectivity index (χ2n) is 5.30. The number of ether oxygens (including phenoxy) is 1. The van der Waals surface area contributed by atoms with E-state index in [9.17, 15) is 19.1 Å². The molecule has 0 bridgehead atoms. The van der Waals surface area contributed by atoms with Gasteiger partial charge >= 0.3 is 5.97 Å². The van der Waals surface area contributed by atoms with Crippen molar-refractivity contribution in [1.82, 2.24) is 5.32 Å². The van der Waals surface area contributed by atoms with E-state index in [-0.39, 0.29) is 17.1 Å². The maximum absolute atomic E-state index is 12.8. The number of carbonyl (C=O) groups is 2. The van der Waals surface area contributed by atoms with E-state index in [2.05, 4.69) is 5.32 Å². The molecule has 2 rings (SSSR count). The molecule has 0 heterocycles. The van der Waals surface area contributed by atoms with Crippen molar-refractivity contribution in [1.29, 1.82) is 0 Å². The van der Waals surface area contributed by atoms with Crippen molar-refractivity contribution in [2.24, 2.45) is 0 Å². The molecule has 5 nitrogen and oxygen atoms in total. The molecule has 0 saturated carbocycles. The fourth-order valence-electron chi connectivity index (χ4n) is 2.00. The highest BCUT2D eigenvalue weighted by Crippen LogP contribution is 2.17. The Morgan fingerprint density at radius 1 is 1.17 bits per heavy atom. The maximum Gasteiger partial charge on any atom is 0.338 e. The first-order chi connectivity index (χ1) is 11.5. The lowest BCUT2D eigenvalue weighted by Gasteiger charge is -2.07. The number of benzene rings is 2. The predicted molar refractivity (Wildman–Crippen MR) is 86.2 cm³/mol. The van der Waals surface area contributed by atoms with E-state index < -0.39 is 18.5 Å². The summed E-state index contributed by atoms with van der Waals surface area (Å²) in [6.45, 7) is 1.66. The number of halogens is 1. The number of esters is 1. The Morgan fingerprint density at radius 3 is 2.54 bits per heavy atom. The maximum atomic E-state index is 12.8. The minimum atomic E-state index is -0.681. The standard InChI is InChI=1S/C18H18FNO4/c1-12-2-5-14(10-16(12)21)18(23)24-11-17(22)20-9-8-13-3-6-15(19)7-4-13/h2-7,10,21H,8-9,11H2,1H3,(H,20,22). The minimum absolute atomic E-state index is 0.00630. The van der Waals surface area contributed by atoms with Gasteiger partial charge in [-0.2, -0.15) is 0 Å². The van der Waals surface area contributed by atoms with Gasteiger partial charge in [-0.1, -0.05) is 18.2 Å². The lowest BCUT2D eigenvalue weighted by Crippen LogP contribution is -2.30. The summed E-state index contributed by atoms with van der Waals surface area (Å²) < 4.78 is 17.7. The van der Waals surface area contributed by atoms with E-state index in [1.165, 1.54) is 24.3 Å². The highest BCUT2D eigenvalue weighted by molar-refractivity contribution is 5.91. The second-order valence-corrected chi connectivity index (χ2v) is 5.30. The number of phenols is 1. The predicted octanol–water partition coefficient (Wildman–Crippen LogP) is 2.36. The number of rotatable bonds is 6. The molecule has 0 unspecified atom stereocenters. The van der Waals surface area contributed by atoms with Crippen LogP contribution in [0.2, 0.25) is 0 Å². The Morgan fingerprint density at radius 2 is 1.88 bits per heavy atom. The van der Waals surface area contributed by atoms with Crippen LogP contribution >= 0.6 is 0 Å². The first kappa shape index (κ1) is 17.5. The third-order valence-corrected chi connectivity index (χ3v) is 3.43. The van der Waals surface area contributed by atoms with Crippen molar-refractivity contribution in [3.05, 3.63) is 65.0 Å². The largest absolute Gasteiger partial charge is 0.508 e. The van der Waals surface area contributed by atoms with Crippen LogP contribution < -0.4 is 5.32 Å². The summed E-state index contributed by atoms with van der Waals surface area (Å²) in [5, 5.41) is 12.2. The summed E-state index contributed by atoms with van der Waals surface area (Å²) in [5.74, 6) is -1.43. The van der Waals surface area contributed by atoms with Crippen molar-refractivity contribution in [2.45, 2.75) is 13.3 Å². The number of aryl methyl sites for hydroxylation is 1. The number of hydrogen-bond acceptors (Lipinski definition) is 4. The second kappa shape index (κ2) is 8.10. The molecule has 2 N–H and O–H groups in total. The van der Waals surface area contributed by atoms with Crippen LogP contribution in [0.15, 0.2) is 42.5 Å². The third-order valence-electron chi connectivity index (χ3n) is 3.43. The Labute approximate surface area is 139 Å². The third kappa shape index (κ3) is 5.08. The van der Waals surface area contributed by atoms with Crippen molar-refractivity contribution in [3.8, 4) is 5.75 Å². The highest BCUT2D eigenvalue weighted by atomic mass is 19.1. The zero-order chi connectivity index (χ0) is 17.5. The molecule has 0 saturated heterocycles. The lowest BCUT2D eigenvalue weighted by atomic mass is 10.1. The van der Waals surface area contributed by atoms with Crippen molar-refractivity contribution in [3.63, 3.8) is 0 Å². The minimum Gasteiger partial charge on any atom is -0.508 e. The summed E-state index contributed by atoms with van der Waals surface area (Å²) in [4.78, 5) is 23.4. The van der Waals surface area contributed by atoms with Crippen LogP contribution in [-0.2, 0) is 16.0 Å². The van der Waals surface area contributed by atoms with Gasteiger partial charge < -0.3 is 15.2 Å². The van der Waals surface area contributed by atoms with Gasteiger partial charge in [0.15, 0.2) is 6.61 Å². The molecule has 2 aromatic rings. The molecular weight excluding hydrogens is 313 g/mol. The van der Waals surface area contributed by atoms with Crippen LogP contribution in [0, 0.1) is 12.7 Å². The van der Waals surface area contributed by atoms with E-state index in [1.54, 1.807) is 25.1 Å². The molecule has 0 atom stereocenters. The Hall–Kier alpha value is -2.89. The quantitative estimate of drug-likeness (QED) is 0.797. The molecule has 24 heavy (non-hydrogen) atoms. The molecule has 0 fully saturated rings. The van der Waals surface area contributed by atoms with E-state index >= 15 is 0 Å². The van der Waals surface area contributed by atoms with Crippen LogP contribution in [0.25, 0.3) is 0 Å². The zero-order valence-corrected chi connectivity index (χ0v) is 13.2. The van der Waals surface area contributed by atoms with E-state index in [0.29, 0.717) is 18.5 Å². The van der Waals surface area contributed by atoms with Gasteiger partial charge in [-0.25, -0.2) is 9.18 Å². The van der Waals surface area contributed by atoms with E-state index in [4.69, 9.17) is 4.74 Å². The first-order valence-corrected chi connectivity index (χ1v) is 7.43. The van der Waals surface area contributed by atoms with Gasteiger partial charge in [-0.3, -0.25) is 4.79 Å². The summed E-state index contributed by atoms with van der Waals surface area (Å²) in [6.07, 6.45) is 0.547. The van der Waals surface area contributed by atoms with Crippen LogP contribution in [-0.4, -0.2) is 30.1 Å². The fourth-order valence-corrected chi connectivity index (χ4v) is 2.00. The molecule has 2 aromatic carbocycles. The van der Waals surface area contributed by atoms with Crippen molar-refractivity contribution >= 4 is 11.9 Å². The molecule has 0 spiro atoms. The van der Waals surface area contributed by atoms with Gasteiger partial charge in [0, 0.05) is 6.54 Å². The molecular formula is C18H18FNO4. The number of carbonyl (C=O) groups excluding carboxylic acids is 2. The van der Waals surface area contributed by atoms with Gasteiger partial charge in [0.25, 0.3) is 5.91 Å². The average molecular weight is 331 g/mol. The topological polar surface area (TPSA) is 75.6 Å². The van der Waals surface area contributed by atoms with Crippen LogP contribution in [0.3, 0.4) is 0 Å². The number of phenolic OH excluding ortho intramolecular Hbond substituents is 1. The summed E-state index contributed by atoms with van der Waals surface area (Å²) in [6, 6.07) is 10.4. The number of nitrogens with one attached hydrogen (secondary N) is 1. The van der Waals surface area contributed by atoms with Crippen LogP contribution in [0.1, 0.15) is 21.5 Å². The van der Waals surface area contributed by atoms with Gasteiger partial charge in [-0.15, -0.1) is 0 Å². The zero-order valence-electron chi connectivity index (χ0n) is 13.2. The molecule has 0 aliphatic rings. The summed E-state index contributed by atoms with van der Waals surface area (Å²) in [5.41, 5.74) is 1.71. The van der Waals surface area contributed by atoms with Gasteiger partial charge in [0.2, 0.25) is 0 Å². The molecule has 1 amide bonds. The molecule has 6 heteroatoms. The lowest BCUT2D eigenvalue weighted by molar-refractivity contribution is -0.124. The first-order valence-electron chi connectivity index (χ1n) is 7.43. The summed E-state index contributed by atoms with van der Waals surface area (Å²) >= 11 is 0. The smallest absolute Gasteiger partial charge is 0.338 e. The molecule has 0 aromatic heterocycles. The SMILES string of the molecule is Cc1ccc(C(=O)OCC(=O)NCCc2ccc(F)cc2)cc1O. The Balaban J connectivity index is 1.73. The van der Waals surface area contributed by atoms with E-state index in [1.807, 2.05) is 0 Å². The molecule has 126 valence electrons. The number of aromatic hydroxyl groups is 1. The van der Waals surface area contributed by atoms with Gasteiger partial charge in [0.1, 0.15) is 11.6 Å². The normalized spacial score (nSPS) is 10.2. The van der Waals surface area contributed by atoms with Crippen LogP contribution in [0.5, 0.6) is 5.75 Å². The van der Waals surface area contributed by atoms with Crippen molar-refractivity contribution < 1.29 is 23.8 Å². The average Bonchev–Trinajstić information content (AvgIpc) is 2.57. The molecule has 0 aliphatic carbocycles. The van der Waals surface area contributed by atoms with Crippen LogP contribution in [0.4, 0.5) is 4.39 Å². The Bertz CT molecular complexity index is 728. The summed E-state index contributed by atoms with van der Waals surface area (Å²) in [7, 11) is 0. The highest BCUT2D eigenvalue weighted by Gasteiger charge is 2.11.